The molecule has 32 heavy (non-hydrogen) atoms. The van der Waals surface area contributed by atoms with Gasteiger partial charge in [0.1, 0.15) is 0 Å². The van der Waals surface area contributed by atoms with E-state index in [1.54, 1.807) is 0 Å². The summed E-state index contributed by atoms with van der Waals surface area (Å²) < 4.78 is 11.3. The lowest BCUT2D eigenvalue weighted by Crippen LogP contribution is -2.54. The lowest BCUT2D eigenvalue weighted by Gasteiger charge is -2.37. The summed E-state index contributed by atoms with van der Waals surface area (Å²) in [5.74, 6) is 1.95. The molecule has 0 radical (unpaired) electrons. The van der Waals surface area contributed by atoms with E-state index < -0.39 is 0 Å². The second kappa shape index (κ2) is 16.1. The molecule has 0 saturated carbocycles. The van der Waals surface area contributed by atoms with Crippen LogP contribution < -0.4 is 5.32 Å². The van der Waals surface area contributed by atoms with E-state index >= 15 is 0 Å². The number of carbonyl (C=O) groups is 1. The lowest BCUT2D eigenvalue weighted by atomic mass is 10.0. The molecule has 0 aromatic heterocycles. The zero-order valence-corrected chi connectivity index (χ0v) is 22.3. The van der Waals surface area contributed by atoms with Crippen molar-refractivity contribution in [3.63, 3.8) is 0 Å². The van der Waals surface area contributed by atoms with E-state index in [-0.39, 0.29) is 24.0 Å². The third-order valence-electron chi connectivity index (χ3n) is 6.48. The van der Waals surface area contributed by atoms with Crippen molar-refractivity contribution in [3.05, 3.63) is 0 Å². The first-order valence-electron chi connectivity index (χ1n) is 12.4. The summed E-state index contributed by atoms with van der Waals surface area (Å²) in [5, 5.41) is 3.43. The van der Waals surface area contributed by atoms with Crippen LogP contribution in [-0.4, -0.2) is 112 Å². The smallest absolute Gasteiger partial charge is 0.236 e. The van der Waals surface area contributed by atoms with Crippen molar-refractivity contribution in [1.29, 1.82) is 0 Å². The summed E-state index contributed by atoms with van der Waals surface area (Å²) in [6, 6.07) is 0. The molecular weight excluding hydrogens is 521 g/mol. The second-order valence-corrected chi connectivity index (χ2v) is 8.92. The predicted octanol–water partition coefficient (Wildman–Crippen LogP) is 2.03. The van der Waals surface area contributed by atoms with Crippen LogP contribution >= 0.6 is 24.0 Å². The molecule has 1 amide bonds. The molecule has 0 unspecified atom stereocenters. The average molecular weight is 566 g/mol. The van der Waals surface area contributed by atoms with Crippen molar-refractivity contribution < 1.29 is 14.3 Å². The van der Waals surface area contributed by atoms with Crippen LogP contribution in [-0.2, 0) is 14.3 Å². The van der Waals surface area contributed by atoms with Crippen LogP contribution in [0, 0.1) is 5.92 Å². The SMILES string of the molecule is CCNC(=NCCCOCC1CCOCC1)N1CCN(CC(=O)N2CCCCC2)CC1.I. The highest BCUT2D eigenvalue weighted by Gasteiger charge is 2.24. The molecule has 186 valence electrons. The van der Waals surface area contributed by atoms with Crippen molar-refractivity contribution in [1.82, 2.24) is 20.0 Å². The number of likely N-dealkylation sites (tertiary alicyclic amines) is 1. The molecule has 3 aliphatic rings. The molecule has 3 fully saturated rings. The third-order valence-corrected chi connectivity index (χ3v) is 6.48. The van der Waals surface area contributed by atoms with Crippen LogP contribution in [0.1, 0.15) is 45.4 Å². The van der Waals surface area contributed by atoms with Crippen LogP contribution in [0.4, 0.5) is 0 Å². The summed E-state index contributed by atoms with van der Waals surface area (Å²) in [6.45, 7) is 13.2. The topological polar surface area (TPSA) is 69.6 Å². The van der Waals surface area contributed by atoms with Gasteiger partial charge >= 0.3 is 0 Å². The molecule has 3 saturated heterocycles. The number of aliphatic imine (C=N–C) groups is 1. The Labute approximate surface area is 211 Å². The molecule has 9 heteroatoms. The van der Waals surface area contributed by atoms with E-state index in [1.165, 1.54) is 6.42 Å². The van der Waals surface area contributed by atoms with E-state index in [1.807, 2.05) is 4.90 Å². The largest absolute Gasteiger partial charge is 0.381 e. The quantitative estimate of drug-likeness (QED) is 0.200. The molecule has 0 atom stereocenters. The molecule has 3 rings (SSSR count). The molecule has 8 nitrogen and oxygen atoms in total. The van der Waals surface area contributed by atoms with E-state index in [2.05, 4.69) is 22.0 Å². The molecule has 0 bridgehead atoms. The Morgan fingerprint density at radius 1 is 1.03 bits per heavy atom. The van der Waals surface area contributed by atoms with Gasteiger partial charge in [0, 0.05) is 78.8 Å². The van der Waals surface area contributed by atoms with E-state index in [9.17, 15) is 4.79 Å². The Kier molecular flexibility index (Phi) is 13.8. The molecule has 3 heterocycles. The third kappa shape index (κ3) is 9.69. The first kappa shape index (κ1) is 27.6. The second-order valence-electron chi connectivity index (χ2n) is 8.92. The Morgan fingerprint density at radius 2 is 1.75 bits per heavy atom. The number of piperidine rings is 1. The molecule has 0 aliphatic carbocycles. The minimum absolute atomic E-state index is 0. The van der Waals surface area contributed by atoms with Crippen molar-refractivity contribution in [2.45, 2.75) is 45.4 Å². The number of ether oxygens (including phenoxy) is 2. The van der Waals surface area contributed by atoms with Gasteiger partial charge in [0.15, 0.2) is 5.96 Å². The average Bonchev–Trinajstić information content (AvgIpc) is 2.82. The first-order valence-corrected chi connectivity index (χ1v) is 12.4. The Bertz CT molecular complexity index is 546. The Morgan fingerprint density at radius 3 is 2.44 bits per heavy atom. The predicted molar refractivity (Wildman–Crippen MR) is 139 cm³/mol. The number of hydrogen-bond acceptors (Lipinski definition) is 5. The molecular formula is C23H44IN5O3. The van der Waals surface area contributed by atoms with Gasteiger partial charge in [-0.3, -0.25) is 14.7 Å². The van der Waals surface area contributed by atoms with Crippen molar-refractivity contribution in [2.24, 2.45) is 10.9 Å². The Balaban J connectivity index is 0.00000363. The summed E-state index contributed by atoms with van der Waals surface area (Å²) in [4.78, 5) is 24.0. The molecule has 1 N–H and O–H groups in total. The summed E-state index contributed by atoms with van der Waals surface area (Å²) >= 11 is 0. The van der Waals surface area contributed by atoms with Crippen molar-refractivity contribution in [3.8, 4) is 0 Å². The van der Waals surface area contributed by atoms with Crippen LogP contribution in [0.2, 0.25) is 0 Å². The fourth-order valence-corrected chi connectivity index (χ4v) is 4.49. The van der Waals surface area contributed by atoms with Gasteiger partial charge in [0.25, 0.3) is 0 Å². The minimum Gasteiger partial charge on any atom is -0.381 e. The van der Waals surface area contributed by atoms with Gasteiger partial charge in [-0.2, -0.15) is 0 Å². The molecule has 0 spiro atoms. The normalized spacial score (nSPS) is 21.3. The van der Waals surface area contributed by atoms with Gasteiger partial charge in [-0.25, -0.2) is 0 Å². The standard InChI is InChI=1S/C23H43N5O3.HI/c1-2-24-23(25-9-6-16-31-20-21-7-17-30-18-8-21)28-14-12-26(13-15-28)19-22(29)27-10-4-3-5-11-27;/h21H,2-20H2,1H3,(H,24,25);1H. The van der Waals surface area contributed by atoms with Gasteiger partial charge in [0.2, 0.25) is 5.91 Å². The maximum Gasteiger partial charge on any atom is 0.236 e. The monoisotopic (exact) mass is 565 g/mol. The Hall–Kier alpha value is -0.650. The summed E-state index contributed by atoms with van der Waals surface area (Å²) in [5.41, 5.74) is 0. The van der Waals surface area contributed by atoms with E-state index in [0.29, 0.717) is 18.4 Å². The first-order chi connectivity index (χ1) is 15.3. The zero-order valence-electron chi connectivity index (χ0n) is 19.9. The summed E-state index contributed by atoms with van der Waals surface area (Å²) in [6.07, 6.45) is 6.77. The number of guanidine groups is 1. The van der Waals surface area contributed by atoms with Gasteiger partial charge in [-0.05, 0) is 51.4 Å². The number of hydrogen-bond donors (Lipinski definition) is 1. The summed E-state index contributed by atoms with van der Waals surface area (Å²) in [7, 11) is 0. The van der Waals surface area contributed by atoms with Crippen LogP contribution in [0.3, 0.4) is 0 Å². The van der Waals surface area contributed by atoms with Gasteiger partial charge in [-0.1, -0.05) is 0 Å². The number of nitrogens with zero attached hydrogens (tertiary/aromatic N) is 4. The minimum atomic E-state index is 0. The maximum absolute atomic E-state index is 12.5. The van der Waals surface area contributed by atoms with Crippen LogP contribution in [0.5, 0.6) is 0 Å². The van der Waals surface area contributed by atoms with Crippen LogP contribution in [0.15, 0.2) is 4.99 Å². The highest BCUT2D eigenvalue weighted by molar-refractivity contribution is 14.0. The van der Waals surface area contributed by atoms with Gasteiger partial charge in [0.05, 0.1) is 6.54 Å². The van der Waals surface area contributed by atoms with Crippen LogP contribution in [0.25, 0.3) is 0 Å². The highest BCUT2D eigenvalue weighted by atomic mass is 127. The number of amides is 1. The molecule has 0 aromatic rings. The highest BCUT2D eigenvalue weighted by Crippen LogP contribution is 2.14. The van der Waals surface area contributed by atoms with Crippen molar-refractivity contribution in [2.75, 3.05) is 85.3 Å². The van der Waals surface area contributed by atoms with Crippen molar-refractivity contribution >= 4 is 35.8 Å². The number of piperazine rings is 1. The van der Waals surface area contributed by atoms with Gasteiger partial charge in [-0.15, -0.1) is 24.0 Å². The number of rotatable bonds is 9. The van der Waals surface area contributed by atoms with E-state index in [0.717, 1.165) is 117 Å². The fourth-order valence-electron chi connectivity index (χ4n) is 4.49. The van der Waals surface area contributed by atoms with E-state index in [4.69, 9.17) is 14.5 Å². The molecule has 0 aromatic carbocycles. The maximum atomic E-state index is 12.5. The fraction of sp³-hybridized carbons (Fsp3) is 0.913. The van der Waals surface area contributed by atoms with Gasteiger partial charge < -0.3 is 24.6 Å². The number of nitrogens with one attached hydrogen (secondary N) is 1. The molecule has 3 aliphatic heterocycles. The number of carbonyl (C=O) groups excluding carboxylic acids is 1. The number of halogens is 1. The lowest BCUT2D eigenvalue weighted by molar-refractivity contribution is -0.133. The zero-order chi connectivity index (χ0) is 21.7.